The summed E-state index contributed by atoms with van der Waals surface area (Å²) in [4.78, 5) is 0. The number of rotatable bonds is 0. The monoisotopic (exact) mass is 152 g/mol. The molecule has 0 saturated heterocycles. The Morgan fingerprint density at radius 1 is 1.00 bits per heavy atom. The lowest BCUT2D eigenvalue weighted by Gasteiger charge is -1.81. The highest BCUT2D eigenvalue weighted by atomic mass is 31.0. The Labute approximate surface area is 62.7 Å². The highest BCUT2D eigenvalue weighted by molar-refractivity contribution is 6.92. The third kappa shape index (κ3) is 1.05. The number of benzene rings is 1. The molecular weight excluding hydrogens is 143 g/mol. The van der Waals surface area contributed by atoms with Crippen LogP contribution in [-0.4, -0.2) is 0 Å². The van der Waals surface area contributed by atoms with Crippen LogP contribution in [0.15, 0.2) is 41.0 Å². The van der Waals surface area contributed by atoms with Crippen LogP contribution in [0.3, 0.4) is 0 Å². The Morgan fingerprint density at radius 2 is 1.80 bits per heavy atom. The molecule has 0 saturated carbocycles. The lowest BCUT2D eigenvalue weighted by Crippen LogP contribution is -1.57. The highest BCUT2D eigenvalue weighted by Crippen LogP contribution is 2.12. The van der Waals surface area contributed by atoms with E-state index >= 15 is 0 Å². The summed E-state index contributed by atoms with van der Waals surface area (Å²) >= 11 is 0. The van der Waals surface area contributed by atoms with Gasteiger partial charge in [0.1, 0.15) is 5.58 Å². The Hall–Kier alpha value is -0.810. The third-order valence-corrected chi connectivity index (χ3v) is 1.36. The van der Waals surface area contributed by atoms with Gasteiger partial charge < -0.3 is 4.42 Å². The minimum atomic E-state index is 0. The second kappa shape index (κ2) is 2.85. The van der Waals surface area contributed by atoms with Crippen molar-refractivity contribution in [3.63, 3.8) is 0 Å². The van der Waals surface area contributed by atoms with Crippen molar-refractivity contribution in [3.8, 4) is 0 Å². The largest absolute Gasteiger partial charge is 0.464 e. The van der Waals surface area contributed by atoms with E-state index in [1.807, 2.05) is 30.3 Å². The van der Waals surface area contributed by atoms with Gasteiger partial charge in [0.05, 0.1) is 6.26 Å². The van der Waals surface area contributed by atoms with E-state index in [0.717, 1.165) is 11.0 Å². The topological polar surface area (TPSA) is 13.1 Å². The molecule has 2 aromatic rings. The molecule has 0 bridgehead atoms. The number of fused-ring (bicyclic) bond motifs is 1. The summed E-state index contributed by atoms with van der Waals surface area (Å²) in [5.74, 6) is 0. The predicted molar refractivity (Wildman–Crippen MR) is 47.3 cm³/mol. The van der Waals surface area contributed by atoms with Crippen molar-refractivity contribution in [1.82, 2.24) is 0 Å². The lowest BCUT2D eigenvalue weighted by molar-refractivity contribution is 0.616. The first-order valence-corrected chi connectivity index (χ1v) is 2.89. The van der Waals surface area contributed by atoms with Gasteiger partial charge in [-0.05, 0) is 12.1 Å². The van der Waals surface area contributed by atoms with Crippen molar-refractivity contribution < 1.29 is 4.42 Å². The number of furan rings is 1. The molecule has 0 spiro atoms. The zero-order valence-corrected chi connectivity index (χ0v) is 6.99. The van der Waals surface area contributed by atoms with Gasteiger partial charge in [0.25, 0.3) is 0 Å². The molecule has 0 radical (unpaired) electrons. The Kier molecular flexibility index (Phi) is 2.08. The van der Waals surface area contributed by atoms with Gasteiger partial charge in [-0.1, -0.05) is 18.2 Å². The fourth-order valence-electron chi connectivity index (χ4n) is 0.906. The average molecular weight is 152 g/mol. The van der Waals surface area contributed by atoms with E-state index < -0.39 is 0 Å². The zero-order valence-electron chi connectivity index (χ0n) is 5.58. The van der Waals surface area contributed by atoms with E-state index in [9.17, 15) is 0 Å². The summed E-state index contributed by atoms with van der Waals surface area (Å²) in [6.45, 7) is 0. The molecule has 0 aliphatic carbocycles. The van der Waals surface area contributed by atoms with Gasteiger partial charge in [-0.3, -0.25) is 0 Å². The molecule has 1 aromatic carbocycles. The number of para-hydroxylation sites is 1. The summed E-state index contributed by atoms with van der Waals surface area (Å²) in [5.41, 5.74) is 0.956. The Balaban J connectivity index is 0.000000500. The van der Waals surface area contributed by atoms with Gasteiger partial charge in [0, 0.05) is 5.39 Å². The van der Waals surface area contributed by atoms with E-state index in [-0.39, 0.29) is 9.90 Å². The van der Waals surface area contributed by atoms with E-state index in [1.165, 1.54) is 0 Å². The molecule has 1 atom stereocenters. The number of hydrogen-bond donors (Lipinski definition) is 0. The average Bonchev–Trinajstić information content (AvgIpc) is 2.33. The summed E-state index contributed by atoms with van der Waals surface area (Å²) in [5, 5.41) is 1.16. The van der Waals surface area contributed by atoms with Gasteiger partial charge >= 0.3 is 0 Å². The lowest BCUT2D eigenvalue weighted by atomic mass is 10.3. The summed E-state index contributed by atoms with van der Waals surface area (Å²) in [6, 6.07) is 9.90. The molecule has 1 aromatic heterocycles. The molecule has 52 valence electrons. The van der Waals surface area contributed by atoms with Crippen molar-refractivity contribution in [2.75, 3.05) is 0 Å². The van der Waals surface area contributed by atoms with Crippen LogP contribution in [0.1, 0.15) is 0 Å². The second-order valence-electron chi connectivity index (χ2n) is 1.96. The van der Waals surface area contributed by atoms with Gasteiger partial charge in [0.15, 0.2) is 0 Å². The highest BCUT2D eigenvalue weighted by Gasteiger charge is 1.89. The zero-order chi connectivity index (χ0) is 6.10. The van der Waals surface area contributed by atoms with Crippen LogP contribution < -0.4 is 0 Å². The van der Waals surface area contributed by atoms with Crippen molar-refractivity contribution in [3.05, 3.63) is 36.6 Å². The minimum Gasteiger partial charge on any atom is -0.464 e. The van der Waals surface area contributed by atoms with Gasteiger partial charge in [0.2, 0.25) is 0 Å². The molecule has 10 heavy (non-hydrogen) atoms. The van der Waals surface area contributed by atoms with Crippen LogP contribution in [-0.2, 0) is 0 Å². The van der Waals surface area contributed by atoms with E-state index in [4.69, 9.17) is 4.42 Å². The smallest absolute Gasteiger partial charge is 0.133 e. The molecule has 0 aliphatic heterocycles. The SMILES string of the molecule is P.c1ccc2occc2c1. The molecule has 2 heteroatoms. The minimum absolute atomic E-state index is 0. The van der Waals surface area contributed by atoms with Gasteiger partial charge in [-0.25, -0.2) is 0 Å². The van der Waals surface area contributed by atoms with Crippen LogP contribution in [0, 0.1) is 0 Å². The number of hydrogen-bond acceptors (Lipinski definition) is 1. The molecule has 0 amide bonds. The summed E-state index contributed by atoms with van der Waals surface area (Å²) in [6.07, 6.45) is 1.70. The van der Waals surface area contributed by atoms with Crippen LogP contribution in [0.4, 0.5) is 0 Å². The Bertz CT molecular complexity index is 283. The van der Waals surface area contributed by atoms with Crippen LogP contribution in [0.5, 0.6) is 0 Å². The van der Waals surface area contributed by atoms with Crippen molar-refractivity contribution in [2.45, 2.75) is 0 Å². The Morgan fingerprint density at radius 3 is 2.60 bits per heavy atom. The fraction of sp³-hybridized carbons (Fsp3) is 0. The maximum absolute atomic E-state index is 5.12. The van der Waals surface area contributed by atoms with Crippen LogP contribution in [0.25, 0.3) is 11.0 Å². The molecule has 1 heterocycles. The fourth-order valence-corrected chi connectivity index (χ4v) is 0.906. The standard InChI is InChI=1S/C8H6O.H3P/c1-2-4-8-7(3-1)5-6-9-8;/h1-6H;1H3. The molecule has 0 N–H and O–H groups in total. The van der Waals surface area contributed by atoms with E-state index in [2.05, 4.69) is 0 Å². The first-order chi connectivity index (χ1) is 4.47. The van der Waals surface area contributed by atoms with Gasteiger partial charge in [-0.15, -0.1) is 0 Å². The predicted octanol–water partition coefficient (Wildman–Crippen LogP) is 2.49. The first kappa shape index (κ1) is 7.30. The van der Waals surface area contributed by atoms with Crippen molar-refractivity contribution in [2.24, 2.45) is 0 Å². The van der Waals surface area contributed by atoms with E-state index in [0.29, 0.717) is 0 Å². The molecule has 1 nitrogen and oxygen atoms in total. The molecular formula is C8H9OP. The summed E-state index contributed by atoms with van der Waals surface area (Å²) in [7, 11) is 0. The van der Waals surface area contributed by atoms with E-state index in [1.54, 1.807) is 6.26 Å². The van der Waals surface area contributed by atoms with Crippen LogP contribution >= 0.6 is 9.90 Å². The first-order valence-electron chi connectivity index (χ1n) is 2.89. The second-order valence-corrected chi connectivity index (χ2v) is 1.96. The molecule has 1 unspecified atom stereocenters. The van der Waals surface area contributed by atoms with Crippen molar-refractivity contribution >= 4 is 20.9 Å². The maximum Gasteiger partial charge on any atom is 0.133 e. The summed E-state index contributed by atoms with van der Waals surface area (Å²) < 4.78 is 5.12. The molecule has 0 aliphatic rings. The normalized spacial score (nSPS) is 9.20. The molecule has 2 rings (SSSR count). The van der Waals surface area contributed by atoms with Gasteiger partial charge in [-0.2, -0.15) is 9.90 Å². The third-order valence-electron chi connectivity index (χ3n) is 1.36. The molecule has 0 fully saturated rings. The maximum atomic E-state index is 5.12. The van der Waals surface area contributed by atoms with Crippen LogP contribution in [0.2, 0.25) is 0 Å². The quantitative estimate of drug-likeness (QED) is 0.528. The van der Waals surface area contributed by atoms with Crippen molar-refractivity contribution in [1.29, 1.82) is 0 Å².